The summed E-state index contributed by atoms with van der Waals surface area (Å²) in [6.45, 7) is 5.88. The number of hydrogen-bond donors (Lipinski definition) is 1. The summed E-state index contributed by atoms with van der Waals surface area (Å²) in [4.78, 5) is 2.34. The van der Waals surface area contributed by atoms with Gasteiger partial charge in [-0.05, 0) is 17.0 Å². The first-order valence-electron chi connectivity index (χ1n) is 8.55. The van der Waals surface area contributed by atoms with Crippen molar-refractivity contribution in [3.63, 3.8) is 0 Å². The predicted octanol–water partition coefficient (Wildman–Crippen LogP) is 4.10. The molecule has 0 aliphatic rings. The highest BCUT2D eigenvalue weighted by atomic mass is 16.3. The molecule has 0 spiro atoms. The van der Waals surface area contributed by atoms with Crippen LogP contribution in [-0.4, -0.2) is 22.2 Å². The summed E-state index contributed by atoms with van der Waals surface area (Å²) in [5, 5.41) is 10.6. The highest BCUT2D eigenvalue weighted by Gasteiger charge is 2.28. The molecule has 2 aromatic rings. The SMILES string of the molecule is C#CC[C@@H](O)[C@H](C(C)C)N(Cc1ccccc1)Cc1ccccc1. The van der Waals surface area contributed by atoms with E-state index in [0.29, 0.717) is 12.3 Å². The van der Waals surface area contributed by atoms with E-state index in [9.17, 15) is 5.11 Å². The first-order chi connectivity index (χ1) is 11.6. The standard InChI is InChI=1S/C22H27NO/c1-4-11-21(24)22(18(2)3)23(16-19-12-7-5-8-13-19)17-20-14-9-6-10-15-20/h1,5-10,12-15,18,21-22,24H,11,16-17H2,2-3H3/t21-,22+/m1/s1. The number of rotatable bonds is 8. The van der Waals surface area contributed by atoms with E-state index in [-0.39, 0.29) is 6.04 Å². The number of terminal acetylenes is 1. The Morgan fingerprint density at radius 3 is 1.75 bits per heavy atom. The maximum Gasteiger partial charge on any atom is 0.0806 e. The molecule has 24 heavy (non-hydrogen) atoms. The minimum absolute atomic E-state index is 0.0152. The molecular formula is C22H27NO. The second-order valence-electron chi connectivity index (χ2n) is 6.59. The lowest BCUT2D eigenvalue weighted by molar-refractivity contribution is 0.0171. The number of hydrogen-bond acceptors (Lipinski definition) is 2. The highest BCUT2D eigenvalue weighted by molar-refractivity contribution is 5.17. The van der Waals surface area contributed by atoms with Gasteiger partial charge in [0.2, 0.25) is 0 Å². The topological polar surface area (TPSA) is 23.5 Å². The smallest absolute Gasteiger partial charge is 0.0806 e. The summed E-state index contributed by atoms with van der Waals surface area (Å²) >= 11 is 0. The number of benzene rings is 2. The number of aliphatic hydroxyl groups is 1. The van der Waals surface area contributed by atoms with Gasteiger partial charge >= 0.3 is 0 Å². The average Bonchev–Trinajstić information content (AvgIpc) is 2.56. The maximum atomic E-state index is 10.6. The molecule has 0 aliphatic heterocycles. The first kappa shape index (κ1) is 18.3. The summed E-state index contributed by atoms with van der Waals surface area (Å²) in [7, 11) is 0. The summed E-state index contributed by atoms with van der Waals surface area (Å²) in [5.74, 6) is 2.92. The Balaban J connectivity index is 2.27. The van der Waals surface area contributed by atoms with Gasteiger partial charge in [0.25, 0.3) is 0 Å². The zero-order chi connectivity index (χ0) is 17.4. The molecule has 1 N–H and O–H groups in total. The van der Waals surface area contributed by atoms with E-state index in [4.69, 9.17) is 6.42 Å². The van der Waals surface area contributed by atoms with Crippen LogP contribution in [0, 0.1) is 18.3 Å². The highest BCUT2D eigenvalue weighted by Crippen LogP contribution is 2.22. The molecule has 0 saturated heterocycles. The van der Waals surface area contributed by atoms with Gasteiger partial charge in [-0.25, -0.2) is 0 Å². The van der Waals surface area contributed by atoms with E-state index in [1.807, 2.05) is 12.1 Å². The molecule has 2 atom stereocenters. The van der Waals surface area contributed by atoms with E-state index in [0.717, 1.165) is 13.1 Å². The molecule has 0 amide bonds. The van der Waals surface area contributed by atoms with Crippen molar-refractivity contribution in [1.82, 2.24) is 4.90 Å². The minimum Gasteiger partial charge on any atom is -0.390 e. The van der Waals surface area contributed by atoms with Crippen LogP contribution in [-0.2, 0) is 13.1 Å². The largest absolute Gasteiger partial charge is 0.390 e. The van der Waals surface area contributed by atoms with E-state index in [1.165, 1.54) is 11.1 Å². The van der Waals surface area contributed by atoms with Crippen LogP contribution in [0.2, 0.25) is 0 Å². The van der Waals surface area contributed by atoms with Crippen LogP contribution in [0.3, 0.4) is 0 Å². The molecule has 2 nitrogen and oxygen atoms in total. The van der Waals surface area contributed by atoms with E-state index in [2.05, 4.69) is 73.2 Å². The molecule has 0 fully saturated rings. The van der Waals surface area contributed by atoms with Gasteiger partial charge in [-0.1, -0.05) is 74.5 Å². The van der Waals surface area contributed by atoms with E-state index < -0.39 is 6.10 Å². The van der Waals surface area contributed by atoms with Crippen LogP contribution >= 0.6 is 0 Å². The van der Waals surface area contributed by atoms with Gasteiger partial charge < -0.3 is 5.11 Å². The van der Waals surface area contributed by atoms with Crippen LogP contribution in [0.5, 0.6) is 0 Å². The lowest BCUT2D eigenvalue weighted by Crippen LogP contribution is -2.46. The molecule has 2 rings (SSSR count). The average molecular weight is 321 g/mol. The molecule has 0 aliphatic carbocycles. The Labute approximate surface area is 146 Å². The number of nitrogens with zero attached hydrogens (tertiary/aromatic N) is 1. The molecule has 2 heteroatoms. The molecular weight excluding hydrogens is 294 g/mol. The van der Waals surface area contributed by atoms with Crippen molar-refractivity contribution in [2.24, 2.45) is 5.92 Å². The van der Waals surface area contributed by atoms with Crippen LogP contribution in [0.15, 0.2) is 60.7 Å². The molecule has 0 saturated carbocycles. The van der Waals surface area contributed by atoms with Crippen LogP contribution in [0.1, 0.15) is 31.4 Å². The normalized spacial score (nSPS) is 13.7. The van der Waals surface area contributed by atoms with Crippen LogP contribution in [0.4, 0.5) is 0 Å². The Morgan fingerprint density at radius 1 is 0.917 bits per heavy atom. The molecule has 2 aromatic carbocycles. The van der Waals surface area contributed by atoms with Crippen molar-refractivity contribution in [2.75, 3.05) is 0 Å². The number of aliphatic hydroxyl groups excluding tert-OH is 1. The zero-order valence-electron chi connectivity index (χ0n) is 14.6. The monoisotopic (exact) mass is 321 g/mol. The van der Waals surface area contributed by atoms with E-state index in [1.54, 1.807) is 0 Å². The fraction of sp³-hybridized carbons (Fsp3) is 0.364. The van der Waals surface area contributed by atoms with Gasteiger partial charge in [0.15, 0.2) is 0 Å². The van der Waals surface area contributed by atoms with Gasteiger partial charge in [0.05, 0.1) is 6.10 Å². The first-order valence-corrected chi connectivity index (χ1v) is 8.55. The Kier molecular flexibility index (Phi) is 7.06. The Morgan fingerprint density at radius 2 is 1.38 bits per heavy atom. The van der Waals surface area contributed by atoms with Crippen molar-refractivity contribution in [3.8, 4) is 12.3 Å². The lowest BCUT2D eigenvalue weighted by atomic mass is 9.93. The summed E-state index contributed by atoms with van der Waals surface area (Å²) in [5.41, 5.74) is 2.49. The third-order valence-electron chi connectivity index (χ3n) is 4.28. The second-order valence-corrected chi connectivity index (χ2v) is 6.59. The van der Waals surface area contributed by atoms with Gasteiger partial charge in [0, 0.05) is 25.6 Å². The van der Waals surface area contributed by atoms with Gasteiger partial charge in [-0.15, -0.1) is 12.3 Å². The fourth-order valence-corrected chi connectivity index (χ4v) is 3.25. The van der Waals surface area contributed by atoms with Crippen molar-refractivity contribution >= 4 is 0 Å². The van der Waals surface area contributed by atoms with E-state index >= 15 is 0 Å². The molecule has 0 bridgehead atoms. The molecule has 0 radical (unpaired) electrons. The quantitative estimate of drug-likeness (QED) is 0.740. The molecule has 126 valence electrons. The third-order valence-corrected chi connectivity index (χ3v) is 4.28. The fourth-order valence-electron chi connectivity index (χ4n) is 3.25. The summed E-state index contributed by atoms with van der Waals surface area (Å²) in [6, 6.07) is 20.8. The van der Waals surface area contributed by atoms with Crippen LogP contribution in [0.25, 0.3) is 0 Å². The summed E-state index contributed by atoms with van der Waals surface area (Å²) in [6.07, 6.45) is 5.30. The van der Waals surface area contributed by atoms with Crippen molar-refractivity contribution in [2.45, 2.75) is 45.5 Å². The van der Waals surface area contributed by atoms with Gasteiger partial charge in [0.1, 0.15) is 0 Å². The zero-order valence-corrected chi connectivity index (χ0v) is 14.6. The van der Waals surface area contributed by atoms with Crippen molar-refractivity contribution in [1.29, 1.82) is 0 Å². The predicted molar refractivity (Wildman–Crippen MR) is 100 cm³/mol. The minimum atomic E-state index is -0.526. The molecule has 0 heterocycles. The maximum absolute atomic E-state index is 10.6. The van der Waals surface area contributed by atoms with Crippen molar-refractivity contribution < 1.29 is 5.11 Å². The third kappa shape index (κ3) is 5.23. The Bertz CT molecular complexity index is 589. The second kappa shape index (κ2) is 9.27. The van der Waals surface area contributed by atoms with Gasteiger partial charge in [-0.3, -0.25) is 4.90 Å². The molecule has 0 unspecified atom stereocenters. The summed E-state index contributed by atoms with van der Waals surface area (Å²) < 4.78 is 0. The van der Waals surface area contributed by atoms with Crippen LogP contribution < -0.4 is 0 Å². The Hall–Kier alpha value is -2.08. The van der Waals surface area contributed by atoms with Gasteiger partial charge in [-0.2, -0.15) is 0 Å². The van der Waals surface area contributed by atoms with Crippen molar-refractivity contribution in [3.05, 3.63) is 71.8 Å². The molecule has 0 aromatic heterocycles. The lowest BCUT2D eigenvalue weighted by Gasteiger charge is -2.37.